The van der Waals surface area contributed by atoms with Crippen LogP contribution in [0.2, 0.25) is 5.02 Å². The number of benzene rings is 4. The summed E-state index contributed by atoms with van der Waals surface area (Å²) in [6.07, 6.45) is 0.307. The Kier molecular flexibility index (Phi) is 12.0. The van der Waals surface area contributed by atoms with Gasteiger partial charge in [-0.25, -0.2) is 13.1 Å². The summed E-state index contributed by atoms with van der Waals surface area (Å²) in [7, 11) is -4.25. The van der Waals surface area contributed by atoms with Crippen LogP contribution in [-0.2, 0) is 48.7 Å². The highest BCUT2D eigenvalue weighted by Crippen LogP contribution is 2.40. The summed E-state index contributed by atoms with van der Waals surface area (Å²) in [5.41, 5.74) is 9.19. The van der Waals surface area contributed by atoms with E-state index < -0.39 is 27.5 Å². The van der Waals surface area contributed by atoms with Gasteiger partial charge in [-0.3, -0.25) is 14.5 Å². The van der Waals surface area contributed by atoms with E-state index in [1.807, 2.05) is 87.5 Å². The number of sulfonamides is 1. The van der Waals surface area contributed by atoms with Gasteiger partial charge < -0.3 is 15.2 Å². The number of carbonyl (C=O) groups excluding carboxylic acids is 2. The molecule has 0 amide bonds. The minimum atomic E-state index is -4.25. The highest BCUT2D eigenvalue weighted by atomic mass is 35.5. The van der Waals surface area contributed by atoms with E-state index in [2.05, 4.69) is 9.62 Å². The van der Waals surface area contributed by atoms with E-state index in [0.717, 1.165) is 11.1 Å². The predicted molar refractivity (Wildman–Crippen MR) is 196 cm³/mol. The maximum Gasteiger partial charge on any atom is 0.311 e. The zero-order valence-electron chi connectivity index (χ0n) is 28.6. The van der Waals surface area contributed by atoms with Crippen molar-refractivity contribution in [3.63, 3.8) is 0 Å². The average molecular weight is 718 g/mol. The minimum absolute atomic E-state index is 0.0127. The molecular weight excluding hydrogens is 674 g/mol. The van der Waals surface area contributed by atoms with Gasteiger partial charge in [0.15, 0.2) is 0 Å². The minimum Gasteiger partial charge on any atom is -0.461 e. The lowest BCUT2D eigenvalue weighted by molar-refractivity contribution is -0.164. The Bertz CT molecular complexity index is 1880. The molecule has 1 heterocycles. The van der Waals surface area contributed by atoms with Crippen LogP contribution in [0.15, 0.2) is 102 Å². The number of nitrogens with one attached hydrogen (secondary N) is 1. The largest absolute Gasteiger partial charge is 0.461 e. The summed E-state index contributed by atoms with van der Waals surface area (Å²) in [5.74, 6) is -1.83. The van der Waals surface area contributed by atoms with Crippen LogP contribution in [0.25, 0.3) is 11.1 Å². The molecule has 50 heavy (non-hydrogen) atoms. The van der Waals surface area contributed by atoms with Gasteiger partial charge in [0.25, 0.3) is 0 Å². The van der Waals surface area contributed by atoms with Crippen molar-refractivity contribution < 1.29 is 27.5 Å². The molecule has 0 radical (unpaired) electrons. The molecule has 11 heteroatoms. The van der Waals surface area contributed by atoms with Crippen LogP contribution in [0, 0.1) is 11.8 Å². The Hall–Kier alpha value is -4.22. The van der Waals surface area contributed by atoms with Crippen LogP contribution < -0.4 is 10.5 Å². The first-order chi connectivity index (χ1) is 23.8. The smallest absolute Gasteiger partial charge is 0.311 e. The van der Waals surface area contributed by atoms with Crippen molar-refractivity contribution in [1.29, 1.82) is 0 Å². The number of hydrogen-bond donors (Lipinski definition) is 2. The first-order valence-corrected chi connectivity index (χ1v) is 18.5. The van der Waals surface area contributed by atoms with E-state index in [1.54, 1.807) is 24.3 Å². The van der Waals surface area contributed by atoms with Gasteiger partial charge in [0.2, 0.25) is 10.0 Å². The van der Waals surface area contributed by atoms with Crippen LogP contribution in [0.5, 0.6) is 0 Å². The maximum absolute atomic E-state index is 14.1. The number of anilines is 1. The number of piperidine rings is 1. The molecule has 4 aromatic rings. The fourth-order valence-electron chi connectivity index (χ4n) is 6.11. The van der Waals surface area contributed by atoms with Gasteiger partial charge in [-0.2, -0.15) is 0 Å². The summed E-state index contributed by atoms with van der Waals surface area (Å²) < 4.78 is 42.2. The normalized spacial score (nSPS) is 16.9. The van der Waals surface area contributed by atoms with Gasteiger partial charge in [0, 0.05) is 30.9 Å². The standard InChI is InChI=1S/C39H44ClN3O6S/c1-39(2,3)49-38(45)32-25-43(24-27-13-7-4-8-14-27)20-19-30(32)23-42-50(46,47)33-21-31(22-34(44)48-26-28-15-9-5-10-16-28)37(41)35(36(33)40)29-17-11-6-12-18-29/h4-18,21,30,32,42H,19-20,22-26,41H2,1-3H3. The van der Waals surface area contributed by atoms with Gasteiger partial charge >= 0.3 is 11.9 Å². The van der Waals surface area contributed by atoms with Crippen molar-refractivity contribution in [2.75, 3.05) is 25.4 Å². The Labute approximate surface area is 299 Å². The summed E-state index contributed by atoms with van der Waals surface area (Å²) in [5, 5.41) is -0.0658. The molecule has 0 saturated carbocycles. The van der Waals surface area contributed by atoms with Crippen molar-refractivity contribution in [3.8, 4) is 11.1 Å². The summed E-state index contributed by atoms with van der Waals surface area (Å²) in [4.78, 5) is 28.5. The molecule has 1 fully saturated rings. The molecular formula is C39H44ClN3O6S. The SMILES string of the molecule is CC(C)(C)OC(=O)C1CN(Cc2ccccc2)CCC1CNS(=O)(=O)c1cc(CC(=O)OCc2ccccc2)c(N)c(-c2ccccc2)c1Cl. The third-order valence-electron chi connectivity index (χ3n) is 8.62. The van der Waals surface area contributed by atoms with Crippen molar-refractivity contribution >= 4 is 39.3 Å². The summed E-state index contributed by atoms with van der Waals surface area (Å²) >= 11 is 6.86. The van der Waals surface area contributed by atoms with Gasteiger partial charge in [-0.1, -0.05) is 103 Å². The predicted octanol–water partition coefficient (Wildman–Crippen LogP) is 6.63. The number of nitrogens with zero attached hydrogens (tertiary/aromatic N) is 1. The van der Waals surface area contributed by atoms with Gasteiger partial charge in [-0.15, -0.1) is 0 Å². The number of nitrogens with two attached hydrogens (primary N) is 1. The lowest BCUT2D eigenvalue weighted by atomic mass is 9.85. The number of hydrogen-bond acceptors (Lipinski definition) is 8. The third-order valence-corrected chi connectivity index (χ3v) is 10.6. The number of esters is 2. The number of halogens is 1. The molecule has 2 atom stereocenters. The molecule has 5 rings (SSSR count). The number of ether oxygens (including phenoxy) is 2. The number of carbonyl (C=O) groups is 2. The van der Waals surface area contributed by atoms with Crippen LogP contribution >= 0.6 is 11.6 Å². The molecule has 2 unspecified atom stereocenters. The molecule has 1 aliphatic rings. The Balaban J connectivity index is 1.39. The van der Waals surface area contributed by atoms with E-state index in [9.17, 15) is 18.0 Å². The van der Waals surface area contributed by atoms with E-state index >= 15 is 0 Å². The summed E-state index contributed by atoms with van der Waals surface area (Å²) in [6, 6.07) is 29.5. The molecule has 1 aliphatic heterocycles. The van der Waals surface area contributed by atoms with Crippen molar-refractivity contribution in [3.05, 3.63) is 119 Å². The second-order valence-corrected chi connectivity index (χ2v) is 15.7. The van der Waals surface area contributed by atoms with Crippen LogP contribution in [0.1, 0.15) is 43.9 Å². The van der Waals surface area contributed by atoms with E-state index in [1.165, 1.54) is 6.07 Å². The van der Waals surface area contributed by atoms with E-state index in [4.69, 9.17) is 26.8 Å². The molecule has 1 saturated heterocycles. The molecule has 0 bridgehead atoms. The lowest BCUT2D eigenvalue weighted by Gasteiger charge is -2.38. The van der Waals surface area contributed by atoms with Crippen LogP contribution in [0.4, 0.5) is 5.69 Å². The van der Waals surface area contributed by atoms with Gasteiger partial charge in [0.1, 0.15) is 17.1 Å². The maximum atomic E-state index is 14.1. The molecule has 0 aliphatic carbocycles. The van der Waals surface area contributed by atoms with E-state index in [0.29, 0.717) is 37.2 Å². The van der Waals surface area contributed by atoms with E-state index in [-0.39, 0.29) is 52.6 Å². The highest BCUT2D eigenvalue weighted by molar-refractivity contribution is 7.89. The molecule has 4 aromatic carbocycles. The third kappa shape index (κ3) is 9.72. The summed E-state index contributed by atoms with van der Waals surface area (Å²) in [6.45, 7) is 7.26. The quantitative estimate of drug-likeness (QED) is 0.123. The monoisotopic (exact) mass is 717 g/mol. The molecule has 264 valence electrons. The number of nitrogen functional groups attached to an aromatic ring is 1. The second kappa shape index (κ2) is 16.2. The zero-order valence-corrected chi connectivity index (χ0v) is 30.2. The van der Waals surface area contributed by atoms with Gasteiger partial charge in [0.05, 0.1) is 17.4 Å². The average Bonchev–Trinajstić information content (AvgIpc) is 3.08. The molecule has 0 aromatic heterocycles. The number of rotatable bonds is 12. The highest BCUT2D eigenvalue weighted by Gasteiger charge is 2.38. The Morgan fingerprint density at radius 1 is 0.940 bits per heavy atom. The zero-order chi connectivity index (χ0) is 35.9. The molecule has 9 nitrogen and oxygen atoms in total. The fourth-order valence-corrected chi connectivity index (χ4v) is 7.91. The van der Waals surface area contributed by atoms with Gasteiger partial charge in [-0.05, 0) is 68.0 Å². The Morgan fingerprint density at radius 2 is 1.54 bits per heavy atom. The lowest BCUT2D eigenvalue weighted by Crippen LogP contribution is -2.48. The molecule has 3 N–H and O–H groups in total. The van der Waals surface area contributed by atoms with Crippen molar-refractivity contribution in [2.24, 2.45) is 11.8 Å². The second-order valence-electron chi connectivity index (χ2n) is 13.6. The topological polar surface area (TPSA) is 128 Å². The van der Waals surface area contributed by atoms with Crippen molar-refractivity contribution in [1.82, 2.24) is 9.62 Å². The van der Waals surface area contributed by atoms with Crippen LogP contribution in [0.3, 0.4) is 0 Å². The van der Waals surface area contributed by atoms with Crippen LogP contribution in [-0.4, -0.2) is 50.5 Å². The van der Waals surface area contributed by atoms with Crippen molar-refractivity contribution in [2.45, 2.75) is 57.3 Å². The Morgan fingerprint density at radius 3 is 2.16 bits per heavy atom. The fraction of sp³-hybridized carbons (Fsp3) is 0.333. The molecule has 0 spiro atoms. The first-order valence-electron chi connectivity index (χ1n) is 16.7. The first kappa shape index (κ1) is 37.0. The number of likely N-dealkylation sites (tertiary alicyclic amines) is 1.